The van der Waals surface area contributed by atoms with E-state index in [1.807, 2.05) is 6.07 Å². The van der Waals surface area contributed by atoms with Crippen molar-refractivity contribution in [3.05, 3.63) is 35.9 Å². The number of rotatable bonds is 6. The van der Waals surface area contributed by atoms with E-state index in [2.05, 4.69) is 29.6 Å². The Morgan fingerprint density at radius 3 is 2.45 bits per heavy atom. The predicted octanol–water partition coefficient (Wildman–Crippen LogP) is 1.49. The summed E-state index contributed by atoms with van der Waals surface area (Å²) in [4.78, 5) is 0. The molecule has 0 amide bonds. The van der Waals surface area contributed by atoms with Crippen LogP contribution in [0.25, 0.3) is 0 Å². The lowest BCUT2D eigenvalue weighted by Gasteiger charge is -2.31. The summed E-state index contributed by atoms with van der Waals surface area (Å²) in [6, 6.07) is 10.5. The molecule has 0 unspecified atom stereocenters. The summed E-state index contributed by atoms with van der Waals surface area (Å²) in [6.07, 6.45) is 2.99. The van der Waals surface area contributed by atoms with Gasteiger partial charge < -0.3 is 5.32 Å². The van der Waals surface area contributed by atoms with Crippen molar-refractivity contribution in [1.29, 1.82) is 0 Å². The van der Waals surface area contributed by atoms with Crippen LogP contribution in [0.4, 0.5) is 0 Å². The minimum Gasteiger partial charge on any atom is -0.319 e. The maximum Gasteiger partial charge on any atom is 0.215 e. The van der Waals surface area contributed by atoms with E-state index in [9.17, 15) is 8.42 Å². The number of nitrogens with one attached hydrogen (secondary N) is 1. The molecule has 0 bridgehead atoms. The van der Waals surface area contributed by atoms with Crippen LogP contribution < -0.4 is 5.32 Å². The number of benzene rings is 1. The van der Waals surface area contributed by atoms with Crippen molar-refractivity contribution in [1.82, 2.24) is 9.62 Å². The Balaban J connectivity index is 1.83. The van der Waals surface area contributed by atoms with Crippen LogP contribution in [0.5, 0.6) is 0 Å². The molecule has 1 aliphatic rings. The molecule has 0 aliphatic carbocycles. The van der Waals surface area contributed by atoms with Gasteiger partial charge in [-0.25, -0.2) is 12.7 Å². The first kappa shape index (κ1) is 15.5. The van der Waals surface area contributed by atoms with Gasteiger partial charge in [-0.05, 0) is 37.8 Å². The second-order valence-electron chi connectivity index (χ2n) is 5.45. The Morgan fingerprint density at radius 1 is 1.20 bits per heavy atom. The summed E-state index contributed by atoms with van der Waals surface area (Å²) in [5.41, 5.74) is 1.35. The lowest BCUT2D eigenvalue weighted by Crippen LogP contribution is -2.41. The average Bonchev–Trinajstić information content (AvgIpc) is 2.47. The van der Waals surface area contributed by atoms with E-state index < -0.39 is 10.0 Å². The largest absolute Gasteiger partial charge is 0.319 e. The van der Waals surface area contributed by atoms with Crippen molar-refractivity contribution in [2.75, 3.05) is 32.4 Å². The van der Waals surface area contributed by atoms with E-state index in [0.717, 1.165) is 19.3 Å². The van der Waals surface area contributed by atoms with Gasteiger partial charge in [0.15, 0.2) is 0 Å². The molecule has 5 heteroatoms. The van der Waals surface area contributed by atoms with E-state index >= 15 is 0 Å². The van der Waals surface area contributed by atoms with Gasteiger partial charge in [0.2, 0.25) is 10.0 Å². The van der Waals surface area contributed by atoms with Crippen LogP contribution in [0.3, 0.4) is 0 Å². The Labute approximate surface area is 122 Å². The maximum atomic E-state index is 12.1. The van der Waals surface area contributed by atoms with Crippen molar-refractivity contribution in [3.63, 3.8) is 0 Å². The highest BCUT2D eigenvalue weighted by Crippen LogP contribution is 2.23. The number of hydrogen-bond donors (Lipinski definition) is 1. The van der Waals surface area contributed by atoms with Crippen molar-refractivity contribution in [2.24, 2.45) is 5.92 Å². The third kappa shape index (κ3) is 4.30. The van der Waals surface area contributed by atoms with Crippen LogP contribution in [0.1, 0.15) is 18.4 Å². The second-order valence-corrected chi connectivity index (χ2v) is 7.54. The summed E-state index contributed by atoms with van der Waals surface area (Å²) in [7, 11) is -1.29. The fraction of sp³-hybridized carbons (Fsp3) is 0.600. The highest BCUT2D eigenvalue weighted by Gasteiger charge is 2.27. The molecular weight excluding hydrogens is 272 g/mol. The Hall–Kier alpha value is -0.910. The predicted molar refractivity (Wildman–Crippen MR) is 82.2 cm³/mol. The fourth-order valence-corrected chi connectivity index (χ4v) is 4.19. The van der Waals surface area contributed by atoms with Crippen molar-refractivity contribution < 1.29 is 8.42 Å². The molecule has 0 radical (unpaired) electrons. The zero-order valence-corrected chi connectivity index (χ0v) is 12.9. The molecule has 0 aromatic heterocycles. The monoisotopic (exact) mass is 296 g/mol. The molecule has 1 heterocycles. The molecule has 1 fully saturated rings. The normalized spacial score (nSPS) is 18.2. The quantitative estimate of drug-likeness (QED) is 0.865. The lowest BCUT2D eigenvalue weighted by atomic mass is 9.91. The summed E-state index contributed by atoms with van der Waals surface area (Å²) in [5.74, 6) is 0.806. The van der Waals surface area contributed by atoms with Crippen LogP contribution in [-0.2, 0) is 16.4 Å². The van der Waals surface area contributed by atoms with Crippen molar-refractivity contribution >= 4 is 10.0 Å². The second kappa shape index (κ2) is 7.20. The third-order valence-electron chi connectivity index (χ3n) is 3.94. The molecule has 0 saturated carbocycles. The lowest BCUT2D eigenvalue weighted by molar-refractivity contribution is 0.273. The van der Waals surface area contributed by atoms with Gasteiger partial charge in [0.1, 0.15) is 0 Å². The molecule has 1 aromatic rings. The minimum absolute atomic E-state index is 0.201. The average molecular weight is 296 g/mol. The smallest absolute Gasteiger partial charge is 0.215 e. The molecule has 112 valence electrons. The summed E-state index contributed by atoms with van der Waals surface area (Å²) >= 11 is 0. The standard InChI is InChI=1S/C15H24N2O2S/c1-16-9-12-20(18,19)17-10-7-15(8-11-17)13-14-5-3-2-4-6-14/h2-6,15-16H,7-13H2,1H3. The summed E-state index contributed by atoms with van der Waals surface area (Å²) < 4.78 is 25.8. The zero-order valence-electron chi connectivity index (χ0n) is 12.1. The van der Waals surface area contributed by atoms with Gasteiger partial charge >= 0.3 is 0 Å². The summed E-state index contributed by atoms with van der Waals surface area (Å²) in [6.45, 7) is 1.86. The van der Waals surface area contributed by atoms with Crippen molar-refractivity contribution in [2.45, 2.75) is 19.3 Å². The van der Waals surface area contributed by atoms with Crippen LogP contribution in [0.15, 0.2) is 30.3 Å². The van der Waals surface area contributed by atoms with Crippen LogP contribution >= 0.6 is 0 Å². The van der Waals surface area contributed by atoms with E-state index in [1.165, 1.54) is 5.56 Å². The zero-order chi connectivity index (χ0) is 14.4. The van der Waals surface area contributed by atoms with Gasteiger partial charge in [0.25, 0.3) is 0 Å². The molecule has 0 atom stereocenters. The van der Waals surface area contributed by atoms with Crippen LogP contribution in [0, 0.1) is 5.92 Å². The maximum absolute atomic E-state index is 12.1. The Bertz CT molecular complexity index is 494. The van der Waals surface area contributed by atoms with Gasteiger partial charge in [-0.15, -0.1) is 0 Å². The van der Waals surface area contributed by atoms with Gasteiger partial charge in [0, 0.05) is 19.6 Å². The van der Waals surface area contributed by atoms with Crippen LogP contribution in [-0.4, -0.2) is 45.2 Å². The van der Waals surface area contributed by atoms with Gasteiger partial charge in [-0.1, -0.05) is 30.3 Å². The fourth-order valence-electron chi connectivity index (χ4n) is 2.70. The van der Waals surface area contributed by atoms with E-state index in [-0.39, 0.29) is 5.75 Å². The first-order valence-electron chi connectivity index (χ1n) is 7.28. The van der Waals surface area contributed by atoms with Crippen molar-refractivity contribution in [3.8, 4) is 0 Å². The highest BCUT2D eigenvalue weighted by molar-refractivity contribution is 7.89. The van der Waals surface area contributed by atoms with Gasteiger partial charge in [-0.2, -0.15) is 0 Å². The topological polar surface area (TPSA) is 49.4 Å². The Morgan fingerprint density at radius 2 is 1.85 bits per heavy atom. The van der Waals surface area contributed by atoms with Gasteiger partial charge in [0.05, 0.1) is 5.75 Å². The minimum atomic E-state index is -3.07. The third-order valence-corrected chi connectivity index (χ3v) is 5.82. The molecule has 1 N–H and O–H groups in total. The van der Waals surface area contributed by atoms with E-state index in [1.54, 1.807) is 11.4 Å². The molecule has 0 spiro atoms. The SMILES string of the molecule is CNCCS(=O)(=O)N1CCC(Cc2ccccc2)CC1. The molecule has 20 heavy (non-hydrogen) atoms. The number of hydrogen-bond acceptors (Lipinski definition) is 3. The molecule has 1 aromatic carbocycles. The summed E-state index contributed by atoms with van der Waals surface area (Å²) in [5, 5.41) is 2.90. The Kier molecular flexibility index (Phi) is 5.57. The first-order valence-corrected chi connectivity index (χ1v) is 8.89. The van der Waals surface area contributed by atoms with E-state index in [4.69, 9.17) is 0 Å². The molecule has 1 aliphatic heterocycles. The number of piperidine rings is 1. The van der Waals surface area contributed by atoms with Crippen LogP contribution in [0.2, 0.25) is 0 Å². The van der Waals surface area contributed by atoms with Gasteiger partial charge in [-0.3, -0.25) is 0 Å². The highest BCUT2D eigenvalue weighted by atomic mass is 32.2. The molecular formula is C15H24N2O2S. The molecule has 1 saturated heterocycles. The van der Waals surface area contributed by atoms with E-state index in [0.29, 0.717) is 25.6 Å². The molecule has 2 rings (SSSR count). The number of nitrogens with zero attached hydrogens (tertiary/aromatic N) is 1. The first-order chi connectivity index (χ1) is 9.62. The number of sulfonamides is 1. The molecule has 4 nitrogen and oxygen atoms in total.